The molecule has 86 valence electrons. The third kappa shape index (κ3) is 3.63. The molecule has 4 heteroatoms. The van der Waals surface area contributed by atoms with E-state index in [1.165, 1.54) is 6.92 Å². The van der Waals surface area contributed by atoms with Gasteiger partial charge in [-0.1, -0.05) is 0 Å². The maximum absolute atomic E-state index is 11.7. The topological polar surface area (TPSA) is 57.6 Å². The van der Waals surface area contributed by atoms with Gasteiger partial charge in [0.05, 0.1) is 6.42 Å². The number of ketones is 1. The van der Waals surface area contributed by atoms with Crippen molar-refractivity contribution >= 4 is 11.7 Å². The molecule has 0 aliphatic heterocycles. The van der Waals surface area contributed by atoms with E-state index >= 15 is 0 Å². The molecule has 0 atom stereocenters. The lowest BCUT2D eigenvalue weighted by molar-refractivity contribution is -0.138. The van der Waals surface area contributed by atoms with Gasteiger partial charge in [-0.3, -0.25) is 9.59 Å². The fourth-order valence-corrected chi connectivity index (χ4v) is 1.76. The Hall–Kier alpha value is -0.900. The van der Waals surface area contributed by atoms with Crippen LogP contribution in [0.25, 0.3) is 0 Å². The van der Waals surface area contributed by atoms with Crippen molar-refractivity contribution in [3.63, 3.8) is 0 Å². The smallest absolute Gasteiger partial charge is 0.230 e. The normalized spacial score (nSPS) is 15.9. The minimum atomic E-state index is -0.0895. The van der Waals surface area contributed by atoms with Gasteiger partial charge in [0.15, 0.2) is 0 Å². The molecular weight excluding hydrogens is 194 g/mol. The number of rotatable bonds is 6. The molecule has 1 N–H and O–H groups in total. The maximum Gasteiger partial charge on any atom is 0.230 e. The van der Waals surface area contributed by atoms with Gasteiger partial charge in [0.25, 0.3) is 0 Å². The van der Waals surface area contributed by atoms with E-state index in [0.29, 0.717) is 19.0 Å². The van der Waals surface area contributed by atoms with Crippen molar-refractivity contribution in [1.29, 1.82) is 0 Å². The van der Waals surface area contributed by atoms with Crippen molar-refractivity contribution in [2.75, 3.05) is 13.2 Å². The summed E-state index contributed by atoms with van der Waals surface area (Å²) in [5.74, 6) is -0.172. The summed E-state index contributed by atoms with van der Waals surface area (Å²) in [6.45, 7) is 2.10. The quantitative estimate of drug-likeness (QED) is 0.662. The molecular formula is C11H19NO3. The Morgan fingerprint density at radius 2 is 2.07 bits per heavy atom. The first-order valence-electron chi connectivity index (χ1n) is 5.55. The van der Waals surface area contributed by atoms with Gasteiger partial charge in [-0.15, -0.1) is 0 Å². The van der Waals surface area contributed by atoms with Crippen LogP contribution in [0, 0.1) is 0 Å². The maximum atomic E-state index is 11.7. The zero-order chi connectivity index (χ0) is 11.3. The molecule has 4 nitrogen and oxygen atoms in total. The Morgan fingerprint density at radius 3 is 2.47 bits per heavy atom. The highest BCUT2D eigenvalue weighted by atomic mass is 16.3. The van der Waals surface area contributed by atoms with Crippen LogP contribution in [0.4, 0.5) is 0 Å². The fraction of sp³-hybridized carbons (Fsp3) is 0.818. The largest absolute Gasteiger partial charge is 0.396 e. The van der Waals surface area contributed by atoms with E-state index < -0.39 is 0 Å². The summed E-state index contributed by atoms with van der Waals surface area (Å²) < 4.78 is 0. The first-order valence-corrected chi connectivity index (χ1v) is 5.55. The van der Waals surface area contributed by atoms with E-state index in [1.54, 1.807) is 4.90 Å². The summed E-state index contributed by atoms with van der Waals surface area (Å²) in [7, 11) is 0. The van der Waals surface area contributed by atoms with Gasteiger partial charge in [0.1, 0.15) is 5.78 Å². The van der Waals surface area contributed by atoms with Crippen molar-refractivity contribution < 1.29 is 14.7 Å². The van der Waals surface area contributed by atoms with E-state index in [2.05, 4.69) is 0 Å². The number of hydrogen-bond donors (Lipinski definition) is 1. The van der Waals surface area contributed by atoms with Crippen molar-refractivity contribution in [3.05, 3.63) is 0 Å². The van der Waals surface area contributed by atoms with Crippen LogP contribution >= 0.6 is 0 Å². The lowest BCUT2D eigenvalue weighted by atomic mass is 9.91. The summed E-state index contributed by atoms with van der Waals surface area (Å²) in [5.41, 5.74) is 0. The third-order valence-corrected chi connectivity index (χ3v) is 2.79. The van der Waals surface area contributed by atoms with Crippen LogP contribution in [-0.4, -0.2) is 40.9 Å². The van der Waals surface area contributed by atoms with Gasteiger partial charge in [0.2, 0.25) is 5.91 Å². The van der Waals surface area contributed by atoms with Gasteiger partial charge < -0.3 is 10.0 Å². The predicted molar refractivity (Wildman–Crippen MR) is 56.4 cm³/mol. The minimum Gasteiger partial charge on any atom is -0.396 e. The predicted octanol–water partition coefficient (Wildman–Crippen LogP) is 0.729. The molecule has 1 aliphatic rings. The van der Waals surface area contributed by atoms with Gasteiger partial charge in [-0.2, -0.15) is 0 Å². The van der Waals surface area contributed by atoms with Crippen LogP contribution in [0.3, 0.4) is 0 Å². The number of nitrogens with zero attached hydrogens (tertiary/aromatic N) is 1. The molecule has 15 heavy (non-hydrogen) atoms. The number of aliphatic hydroxyl groups excluding tert-OH is 1. The second-order valence-corrected chi connectivity index (χ2v) is 4.13. The number of aliphatic hydroxyl groups is 1. The lowest BCUT2D eigenvalue weighted by Gasteiger charge is -2.37. The average molecular weight is 213 g/mol. The van der Waals surface area contributed by atoms with Crippen LogP contribution in [-0.2, 0) is 9.59 Å². The van der Waals surface area contributed by atoms with E-state index in [4.69, 9.17) is 5.11 Å². The molecule has 1 aliphatic carbocycles. The second-order valence-electron chi connectivity index (χ2n) is 4.13. The molecule has 0 saturated heterocycles. The van der Waals surface area contributed by atoms with Crippen molar-refractivity contribution in [2.45, 2.75) is 45.1 Å². The number of carbonyl (C=O) groups is 2. The number of Topliss-reactive ketones (excluding diaryl/α,β-unsaturated/α-hetero) is 1. The Labute approximate surface area is 90.3 Å². The first-order chi connectivity index (χ1) is 7.15. The highest BCUT2D eigenvalue weighted by molar-refractivity contribution is 5.96. The molecule has 0 aromatic heterocycles. The van der Waals surface area contributed by atoms with E-state index in [9.17, 15) is 9.59 Å². The molecule has 0 spiro atoms. The summed E-state index contributed by atoms with van der Waals surface area (Å²) >= 11 is 0. The standard InChI is InChI=1S/C11H19NO3/c1-9(14)8-11(15)12(6-3-7-13)10-4-2-5-10/h10,13H,2-8H2,1H3. The van der Waals surface area contributed by atoms with Gasteiger partial charge in [-0.05, 0) is 32.6 Å². The van der Waals surface area contributed by atoms with Crippen molar-refractivity contribution in [1.82, 2.24) is 4.90 Å². The zero-order valence-electron chi connectivity index (χ0n) is 9.24. The number of hydrogen-bond acceptors (Lipinski definition) is 3. The third-order valence-electron chi connectivity index (χ3n) is 2.79. The molecule has 1 rings (SSSR count). The Morgan fingerprint density at radius 1 is 1.40 bits per heavy atom. The SMILES string of the molecule is CC(=O)CC(=O)N(CCCO)C1CCC1. The van der Waals surface area contributed by atoms with Crippen LogP contribution in [0.5, 0.6) is 0 Å². The summed E-state index contributed by atoms with van der Waals surface area (Å²) in [6, 6.07) is 0.309. The molecule has 0 heterocycles. The monoisotopic (exact) mass is 213 g/mol. The van der Waals surface area contributed by atoms with Crippen molar-refractivity contribution in [3.8, 4) is 0 Å². The molecule has 0 unspecified atom stereocenters. The van der Waals surface area contributed by atoms with Crippen LogP contribution < -0.4 is 0 Å². The minimum absolute atomic E-state index is 0.00191. The molecule has 0 radical (unpaired) electrons. The van der Waals surface area contributed by atoms with Crippen LogP contribution in [0.2, 0.25) is 0 Å². The fourth-order valence-electron chi connectivity index (χ4n) is 1.76. The average Bonchev–Trinajstić information content (AvgIpc) is 2.07. The molecule has 0 aromatic carbocycles. The van der Waals surface area contributed by atoms with E-state index in [-0.39, 0.29) is 24.7 Å². The molecule has 1 saturated carbocycles. The summed E-state index contributed by atoms with van der Waals surface area (Å²) in [4.78, 5) is 24.3. The molecule has 0 aromatic rings. The van der Waals surface area contributed by atoms with Gasteiger partial charge in [-0.25, -0.2) is 0 Å². The second kappa shape index (κ2) is 5.85. The molecule has 1 fully saturated rings. The first kappa shape index (κ1) is 12.2. The Bertz CT molecular complexity index is 236. The molecule has 0 bridgehead atoms. The highest BCUT2D eigenvalue weighted by Gasteiger charge is 2.28. The van der Waals surface area contributed by atoms with Crippen LogP contribution in [0.15, 0.2) is 0 Å². The number of amides is 1. The van der Waals surface area contributed by atoms with Crippen molar-refractivity contribution in [2.24, 2.45) is 0 Å². The van der Waals surface area contributed by atoms with E-state index in [0.717, 1.165) is 19.3 Å². The molecule has 1 amide bonds. The highest BCUT2D eigenvalue weighted by Crippen LogP contribution is 2.25. The summed E-state index contributed by atoms with van der Waals surface area (Å²) in [5, 5.41) is 8.75. The van der Waals surface area contributed by atoms with Gasteiger partial charge in [0, 0.05) is 19.2 Å². The Kier molecular flexibility index (Phi) is 4.75. The van der Waals surface area contributed by atoms with Crippen LogP contribution in [0.1, 0.15) is 39.0 Å². The lowest BCUT2D eigenvalue weighted by Crippen LogP contribution is -2.45. The van der Waals surface area contributed by atoms with E-state index in [1.807, 2.05) is 0 Å². The number of carbonyl (C=O) groups excluding carboxylic acids is 2. The summed E-state index contributed by atoms with van der Waals surface area (Å²) in [6.07, 6.45) is 3.83. The Balaban J connectivity index is 2.46. The van der Waals surface area contributed by atoms with Gasteiger partial charge >= 0.3 is 0 Å². The zero-order valence-corrected chi connectivity index (χ0v) is 9.24.